The fraction of sp³-hybridized carbons (Fsp3) is 0.562. The fourth-order valence-electron chi connectivity index (χ4n) is 2.55. The van der Waals surface area contributed by atoms with Crippen LogP contribution in [0.3, 0.4) is 0 Å². The molecule has 2 rings (SSSR count). The smallest absolute Gasteiger partial charge is 0.191 e. The average molecular weight is 309 g/mol. The van der Waals surface area contributed by atoms with Gasteiger partial charge in [0.05, 0.1) is 6.54 Å². The zero-order chi connectivity index (χ0) is 15.1. The van der Waals surface area contributed by atoms with Crippen molar-refractivity contribution in [3.8, 4) is 0 Å². The Morgan fingerprint density at radius 2 is 2.10 bits per heavy atom. The third kappa shape index (κ3) is 5.21. The van der Waals surface area contributed by atoms with Gasteiger partial charge in [-0.2, -0.15) is 0 Å². The summed E-state index contributed by atoms with van der Waals surface area (Å²) in [7, 11) is 2.19. The Hall–Kier alpha value is -1.26. The molecular formula is C16H25ClN4. The van der Waals surface area contributed by atoms with E-state index in [4.69, 9.17) is 11.6 Å². The SMILES string of the molecule is CCNC(=NCc1ccc(Cl)cc1)NCC1CCCN1C. The van der Waals surface area contributed by atoms with E-state index in [1.807, 2.05) is 24.3 Å². The van der Waals surface area contributed by atoms with Gasteiger partial charge in [-0.25, -0.2) is 4.99 Å². The topological polar surface area (TPSA) is 39.7 Å². The Morgan fingerprint density at radius 3 is 2.71 bits per heavy atom. The summed E-state index contributed by atoms with van der Waals surface area (Å²) in [5.41, 5.74) is 1.16. The number of rotatable bonds is 5. The standard InChI is InChI=1S/C16H25ClN4/c1-3-18-16(20-12-15-5-4-10-21(15)2)19-11-13-6-8-14(17)9-7-13/h6-9,15H,3-5,10-12H2,1-2H3,(H2,18,19,20). The highest BCUT2D eigenvalue weighted by atomic mass is 35.5. The molecule has 1 unspecified atom stereocenters. The van der Waals surface area contributed by atoms with E-state index in [1.54, 1.807) is 0 Å². The highest BCUT2D eigenvalue weighted by Gasteiger charge is 2.20. The van der Waals surface area contributed by atoms with Gasteiger partial charge in [0.25, 0.3) is 0 Å². The summed E-state index contributed by atoms with van der Waals surface area (Å²) in [6.45, 7) is 5.76. The van der Waals surface area contributed by atoms with Gasteiger partial charge in [0, 0.05) is 24.2 Å². The van der Waals surface area contributed by atoms with E-state index >= 15 is 0 Å². The van der Waals surface area contributed by atoms with Crippen LogP contribution in [0, 0.1) is 0 Å². The second-order valence-electron chi connectivity index (χ2n) is 5.48. The molecule has 0 aliphatic carbocycles. The summed E-state index contributed by atoms with van der Waals surface area (Å²) in [6, 6.07) is 8.45. The van der Waals surface area contributed by atoms with Crippen LogP contribution in [0.25, 0.3) is 0 Å². The van der Waals surface area contributed by atoms with Crippen molar-refractivity contribution in [3.05, 3.63) is 34.9 Å². The molecule has 1 heterocycles. The van der Waals surface area contributed by atoms with Crippen molar-refractivity contribution in [2.45, 2.75) is 32.4 Å². The minimum atomic E-state index is 0.615. The van der Waals surface area contributed by atoms with E-state index in [-0.39, 0.29) is 0 Å². The van der Waals surface area contributed by atoms with Crippen LogP contribution in [0.1, 0.15) is 25.3 Å². The van der Waals surface area contributed by atoms with Gasteiger partial charge in [-0.05, 0) is 51.1 Å². The van der Waals surface area contributed by atoms with Crippen molar-refractivity contribution in [2.24, 2.45) is 4.99 Å². The zero-order valence-electron chi connectivity index (χ0n) is 12.9. The molecule has 0 amide bonds. The molecule has 0 bridgehead atoms. The zero-order valence-corrected chi connectivity index (χ0v) is 13.7. The summed E-state index contributed by atoms with van der Waals surface area (Å²) in [5, 5.41) is 7.50. The van der Waals surface area contributed by atoms with Gasteiger partial charge in [0.2, 0.25) is 0 Å². The van der Waals surface area contributed by atoms with Crippen LogP contribution >= 0.6 is 11.6 Å². The Morgan fingerprint density at radius 1 is 1.33 bits per heavy atom. The Labute approximate surface area is 132 Å². The first-order chi connectivity index (χ1) is 10.2. The lowest BCUT2D eigenvalue weighted by Crippen LogP contribution is -2.44. The van der Waals surface area contributed by atoms with E-state index < -0.39 is 0 Å². The summed E-state index contributed by atoms with van der Waals surface area (Å²) in [6.07, 6.45) is 2.56. The van der Waals surface area contributed by atoms with Gasteiger partial charge in [-0.1, -0.05) is 23.7 Å². The number of guanidine groups is 1. The molecule has 21 heavy (non-hydrogen) atoms. The third-order valence-electron chi connectivity index (χ3n) is 3.85. The number of likely N-dealkylation sites (N-methyl/N-ethyl adjacent to an activating group) is 1. The van der Waals surface area contributed by atoms with Gasteiger partial charge in [0.1, 0.15) is 0 Å². The van der Waals surface area contributed by atoms with Crippen molar-refractivity contribution < 1.29 is 0 Å². The van der Waals surface area contributed by atoms with Gasteiger partial charge >= 0.3 is 0 Å². The van der Waals surface area contributed by atoms with E-state index in [0.29, 0.717) is 12.6 Å². The third-order valence-corrected chi connectivity index (χ3v) is 4.11. The maximum absolute atomic E-state index is 5.90. The minimum Gasteiger partial charge on any atom is -0.357 e. The number of hydrogen-bond donors (Lipinski definition) is 2. The van der Waals surface area contributed by atoms with Crippen LogP contribution in [0.4, 0.5) is 0 Å². The largest absolute Gasteiger partial charge is 0.357 e. The minimum absolute atomic E-state index is 0.615. The van der Waals surface area contributed by atoms with Crippen molar-refractivity contribution >= 4 is 17.6 Å². The number of nitrogens with one attached hydrogen (secondary N) is 2. The Bertz CT molecular complexity index is 458. The van der Waals surface area contributed by atoms with Crippen molar-refractivity contribution in [2.75, 3.05) is 26.7 Å². The Balaban J connectivity index is 1.87. The van der Waals surface area contributed by atoms with Crippen LogP contribution in [-0.4, -0.2) is 43.6 Å². The van der Waals surface area contributed by atoms with E-state index in [2.05, 4.69) is 34.5 Å². The van der Waals surface area contributed by atoms with Crippen LogP contribution in [0.2, 0.25) is 5.02 Å². The molecule has 0 saturated carbocycles. The molecule has 1 aromatic rings. The molecular weight excluding hydrogens is 284 g/mol. The number of nitrogens with zero attached hydrogens (tertiary/aromatic N) is 2. The summed E-state index contributed by atoms with van der Waals surface area (Å²) >= 11 is 5.90. The summed E-state index contributed by atoms with van der Waals surface area (Å²) in [4.78, 5) is 7.04. The molecule has 1 saturated heterocycles. The maximum Gasteiger partial charge on any atom is 0.191 e. The molecule has 4 nitrogen and oxygen atoms in total. The van der Waals surface area contributed by atoms with Gasteiger partial charge in [-0.3, -0.25) is 0 Å². The van der Waals surface area contributed by atoms with Crippen molar-refractivity contribution in [3.63, 3.8) is 0 Å². The highest BCUT2D eigenvalue weighted by Crippen LogP contribution is 2.13. The second-order valence-corrected chi connectivity index (χ2v) is 5.92. The summed E-state index contributed by atoms with van der Waals surface area (Å²) in [5.74, 6) is 0.882. The molecule has 1 atom stereocenters. The molecule has 1 aromatic carbocycles. The number of halogens is 1. The molecule has 0 aromatic heterocycles. The lowest BCUT2D eigenvalue weighted by Gasteiger charge is -2.21. The first-order valence-corrected chi connectivity index (χ1v) is 8.03. The number of hydrogen-bond acceptors (Lipinski definition) is 2. The molecule has 0 radical (unpaired) electrons. The molecule has 0 spiro atoms. The normalized spacial score (nSPS) is 19.8. The molecule has 1 aliphatic heterocycles. The van der Waals surface area contributed by atoms with Gasteiger partial charge in [-0.15, -0.1) is 0 Å². The molecule has 5 heteroatoms. The molecule has 116 valence electrons. The number of likely N-dealkylation sites (tertiary alicyclic amines) is 1. The fourth-order valence-corrected chi connectivity index (χ4v) is 2.68. The van der Waals surface area contributed by atoms with Crippen LogP contribution in [0.15, 0.2) is 29.3 Å². The lowest BCUT2D eigenvalue weighted by molar-refractivity contribution is 0.309. The maximum atomic E-state index is 5.90. The average Bonchev–Trinajstić information content (AvgIpc) is 2.89. The van der Waals surface area contributed by atoms with E-state index in [9.17, 15) is 0 Å². The predicted octanol–water partition coefficient (Wildman–Crippen LogP) is 2.49. The monoisotopic (exact) mass is 308 g/mol. The predicted molar refractivity (Wildman–Crippen MR) is 89.9 cm³/mol. The number of aliphatic imine (C=N–C) groups is 1. The first-order valence-electron chi connectivity index (χ1n) is 7.66. The number of benzene rings is 1. The molecule has 2 N–H and O–H groups in total. The molecule has 1 aliphatic rings. The highest BCUT2D eigenvalue weighted by molar-refractivity contribution is 6.30. The second kappa shape index (κ2) is 8.25. The Kier molecular flexibility index (Phi) is 6.33. The van der Waals surface area contributed by atoms with Crippen molar-refractivity contribution in [1.29, 1.82) is 0 Å². The van der Waals surface area contributed by atoms with Crippen LogP contribution in [-0.2, 0) is 6.54 Å². The molecule has 1 fully saturated rings. The van der Waals surface area contributed by atoms with E-state index in [1.165, 1.54) is 19.4 Å². The lowest BCUT2D eigenvalue weighted by atomic mass is 10.2. The van der Waals surface area contributed by atoms with Gasteiger partial charge in [0.15, 0.2) is 5.96 Å². The van der Waals surface area contributed by atoms with E-state index in [0.717, 1.165) is 29.6 Å². The first kappa shape index (κ1) is 16.1. The quantitative estimate of drug-likeness (QED) is 0.648. The van der Waals surface area contributed by atoms with Crippen LogP contribution in [0.5, 0.6) is 0 Å². The van der Waals surface area contributed by atoms with Crippen LogP contribution < -0.4 is 10.6 Å². The van der Waals surface area contributed by atoms with Crippen molar-refractivity contribution in [1.82, 2.24) is 15.5 Å². The van der Waals surface area contributed by atoms with Gasteiger partial charge < -0.3 is 15.5 Å². The summed E-state index contributed by atoms with van der Waals surface area (Å²) < 4.78 is 0.